The van der Waals surface area contributed by atoms with E-state index in [0.717, 1.165) is 27.8 Å². The number of carbonyl (C=O) groups is 3. The summed E-state index contributed by atoms with van der Waals surface area (Å²) in [5.41, 5.74) is 11.8. The minimum Gasteiger partial charge on any atom is -0.489 e. The van der Waals surface area contributed by atoms with Crippen molar-refractivity contribution in [3.05, 3.63) is 124 Å². The second-order valence-electron chi connectivity index (χ2n) is 15.8. The molecule has 2 N–H and O–H groups in total. The Morgan fingerprint density at radius 3 is 1.47 bits per heavy atom. The number of nitrogens with zero attached hydrogens (tertiary/aromatic N) is 3. The standard InChI is InChI=1S/C17H22FNO2.C15H19FN2O2.C14H16FNO2/c1-5-12(9-18)11-21-14-6-7-15-13(8-14)10-19(16(15)20)17(2,3)4;1-10(2)18-8-12-5-13(3-4-14(12)15(18)19)20-9-11(6-16)7-17;1-3-10(7-15)9-18-12-4-5-13-11(6-12)8-16(2)14(13)17/h6-9H,5,10-11H2,1-4H3;3-6,10H,7-9,17H2,1-2H3;4-7H,3,8-9H2,1-2H3/b12-9+;11-6+;10-7+. The van der Waals surface area contributed by atoms with Gasteiger partial charge in [0.2, 0.25) is 0 Å². The van der Waals surface area contributed by atoms with E-state index in [1.54, 1.807) is 53.2 Å². The predicted molar refractivity (Wildman–Crippen MR) is 223 cm³/mol. The van der Waals surface area contributed by atoms with E-state index in [4.69, 9.17) is 19.9 Å². The van der Waals surface area contributed by atoms with Crippen LogP contribution in [0.1, 0.15) is 109 Å². The van der Waals surface area contributed by atoms with Crippen molar-refractivity contribution in [2.45, 2.75) is 92.5 Å². The van der Waals surface area contributed by atoms with Gasteiger partial charge in [-0.3, -0.25) is 14.4 Å². The van der Waals surface area contributed by atoms with E-state index >= 15 is 0 Å². The normalized spacial score (nSPS) is 15.1. The summed E-state index contributed by atoms with van der Waals surface area (Å²) in [5, 5.41) is 0. The topological polar surface area (TPSA) is 115 Å². The van der Waals surface area contributed by atoms with Gasteiger partial charge in [0.05, 0.1) is 19.0 Å². The maximum Gasteiger partial charge on any atom is 0.254 e. The van der Waals surface area contributed by atoms with Gasteiger partial charge in [0.15, 0.2) is 0 Å². The average molecular weight is 819 g/mol. The third kappa shape index (κ3) is 11.8. The lowest BCUT2D eigenvalue weighted by Gasteiger charge is -2.31. The Morgan fingerprint density at radius 2 is 1.07 bits per heavy atom. The molecule has 13 heteroatoms. The predicted octanol–water partition coefficient (Wildman–Crippen LogP) is 9.24. The van der Waals surface area contributed by atoms with Crippen LogP contribution in [0, 0.1) is 0 Å². The van der Waals surface area contributed by atoms with Crippen molar-refractivity contribution >= 4 is 17.7 Å². The van der Waals surface area contributed by atoms with Gasteiger partial charge < -0.3 is 34.6 Å². The number of amides is 3. The summed E-state index contributed by atoms with van der Waals surface area (Å²) in [7, 11) is 1.77. The Labute approximate surface area is 346 Å². The molecule has 59 heavy (non-hydrogen) atoms. The summed E-state index contributed by atoms with van der Waals surface area (Å²) in [6, 6.07) is 16.3. The van der Waals surface area contributed by atoms with Crippen LogP contribution >= 0.6 is 0 Å². The molecule has 3 aromatic rings. The first-order chi connectivity index (χ1) is 28.1. The van der Waals surface area contributed by atoms with E-state index in [2.05, 4.69) is 0 Å². The fourth-order valence-corrected chi connectivity index (χ4v) is 6.37. The Hall–Kier alpha value is -5.56. The van der Waals surface area contributed by atoms with Crippen molar-refractivity contribution in [2.24, 2.45) is 5.73 Å². The molecule has 3 aromatic carbocycles. The molecule has 0 aromatic heterocycles. The summed E-state index contributed by atoms with van der Waals surface area (Å²) in [6.07, 6.45) is 2.90. The van der Waals surface area contributed by atoms with E-state index < -0.39 is 0 Å². The minimum atomic E-state index is -0.205. The van der Waals surface area contributed by atoms with Crippen LogP contribution < -0.4 is 19.9 Å². The zero-order chi connectivity index (χ0) is 43.4. The molecule has 0 atom stereocenters. The quantitative estimate of drug-likeness (QED) is 0.183. The molecule has 3 heterocycles. The lowest BCUT2D eigenvalue weighted by Crippen LogP contribution is -2.41. The first-order valence-electron chi connectivity index (χ1n) is 19.8. The van der Waals surface area contributed by atoms with Gasteiger partial charge in [-0.1, -0.05) is 13.8 Å². The molecule has 0 saturated heterocycles. The van der Waals surface area contributed by atoms with E-state index in [9.17, 15) is 27.6 Å². The monoisotopic (exact) mass is 818 g/mol. The van der Waals surface area contributed by atoms with Crippen LogP contribution in [0.5, 0.6) is 17.2 Å². The van der Waals surface area contributed by atoms with Crippen LogP contribution in [-0.2, 0) is 19.6 Å². The van der Waals surface area contributed by atoms with E-state index in [1.165, 1.54) is 0 Å². The first-order valence-corrected chi connectivity index (χ1v) is 19.8. The van der Waals surface area contributed by atoms with Crippen molar-refractivity contribution in [3.63, 3.8) is 0 Å². The van der Waals surface area contributed by atoms with Gasteiger partial charge in [0, 0.05) is 67.1 Å². The van der Waals surface area contributed by atoms with Crippen LogP contribution in [0.15, 0.2) is 90.3 Å². The van der Waals surface area contributed by atoms with E-state index in [0.29, 0.717) is 91.0 Å². The van der Waals surface area contributed by atoms with Gasteiger partial charge in [0.25, 0.3) is 17.7 Å². The maximum absolute atomic E-state index is 12.5. The highest BCUT2D eigenvalue weighted by Gasteiger charge is 2.35. The molecule has 0 unspecified atom stereocenters. The second-order valence-corrected chi connectivity index (χ2v) is 15.8. The van der Waals surface area contributed by atoms with Crippen LogP contribution in [0.4, 0.5) is 13.2 Å². The van der Waals surface area contributed by atoms with Gasteiger partial charge in [-0.25, -0.2) is 13.2 Å². The molecule has 0 spiro atoms. The van der Waals surface area contributed by atoms with Crippen molar-refractivity contribution in [3.8, 4) is 17.2 Å². The number of carbonyl (C=O) groups excluding carboxylic acids is 3. The molecule has 318 valence electrons. The average Bonchev–Trinajstić information content (AvgIpc) is 3.84. The maximum atomic E-state index is 12.5. The number of nitrogens with two attached hydrogens (primary N) is 1. The summed E-state index contributed by atoms with van der Waals surface area (Å²) >= 11 is 0. The smallest absolute Gasteiger partial charge is 0.254 e. The van der Waals surface area contributed by atoms with Gasteiger partial charge in [-0.15, -0.1) is 0 Å². The second kappa shape index (κ2) is 20.9. The molecule has 0 aliphatic carbocycles. The number of benzene rings is 3. The SMILES string of the molecule is CC(C)N1Cc2cc(OC/C(=C/F)CN)ccc2C1=O.CC/C(=C\F)COc1ccc2c(c1)CN(C(C)(C)C)C2=O.CC/C(=C\F)COc1ccc2c(c1)CN(C)C2=O. The number of ether oxygens (including phenoxy) is 3. The zero-order valence-corrected chi connectivity index (χ0v) is 35.4. The highest BCUT2D eigenvalue weighted by molar-refractivity contribution is 6.00. The number of halogens is 3. The summed E-state index contributed by atoms with van der Waals surface area (Å²) in [4.78, 5) is 41.5. The molecule has 0 radical (unpaired) electrons. The molecule has 6 rings (SSSR count). The first kappa shape index (κ1) is 46.1. The van der Waals surface area contributed by atoms with Crippen molar-refractivity contribution in [1.82, 2.24) is 14.7 Å². The fourth-order valence-electron chi connectivity index (χ4n) is 6.37. The summed E-state index contributed by atoms with van der Waals surface area (Å²) in [6.45, 7) is 16.3. The number of hydrogen-bond acceptors (Lipinski definition) is 7. The summed E-state index contributed by atoms with van der Waals surface area (Å²) in [5.74, 6) is 2.11. The minimum absolute atomic E-state index is 0.0365. The molecule has 0 bridgehead atoms. The molecular formula is C46H57F3N4O6. The van der Waals surface area contributed by atoms with Crippen LogP contribution in [0.3, 0.4) is 0 Å². The van der Waals surface area contributed by atoms with E-state index in [-0.39, 0.29) is 55.7 Å². The Bertz CT molecular complexity index is 2070. The highest BCUT2D eigenvalue weighted by atomic mass is 19.1. The Kier molecular flexibility index (Phi) is 16.4. The molecule has 3 aliphatic rings. The van der Waals surface area contributed by atoms with Crippen LogP contribution in [0.25, 0.3) is 0 Å². The molecule has 3 amide bonds. The van der Waals surface area contributed by atoms with Crippen molar-refractivity contribution in [2.75, 3.05) is 33.4 Å². The molecular weight excluding hydrogens is 762 g/mol. The Balaban J connectivity index is 0.000000196. The van der Waals surface area contributed by atoms with Crippen LogP contribution in [-0.4, -0.2) is 77.4 Å². The van der Waals surface area contributed by atoms with Gasteiger partial charge >= 0.3 is 0 Å². The molecule has 10 nitrogen and oxygen atoms in total. The number of hydrogen-bond donors (Lipinski definition) is 1. The van der Waals surface area contributed by atoms with Crippen molar-refractivity contribution in [1.29, 1.82) is 0 Å². The Morgan fingerprint density at radius 1 is 0.661 bits per heavy atom. The third-order valence-corrected chi connectivity index (χ3v) is 10.2. The van der Waals surface area contributed by atoms with E-state index in [1.807, 2.05) is 71.6 Å². The van der Waals surface area contributed by atoms with Gasteiger partial charge in [-0.2, -0.15) is 0 Å². The van der Waals surface area contributed by atoms with Gasteiger partial charge in [-0.05, 0) is 130 Å². The highest BCUT2D eigenvalue weighted by Crippen LogP contribution is 2.32. The number of fused-ring (bicyclic) bond motifs is 3. The molecule has 3 aliphatic heterocycles. The van der Waals surface area contributed by atoms with Crippen molar-refractivity contribution < 1.29 is 41.8 Å². The molecule has 0 saturated carbocycles. The zero-order valence-electron chi connectivity index (χ0n) is 35.4. The largest absolute Gasteiger partial charge is 0.489 e. The summed E-state index contributed by atoms with van der Waals surface area (Å²) < 4.78 is 53.9. The fraction of sp³-hybridized carbons (Fsp3) is 0.413. The van der Waals surface area contributed by atoms with Gasteiger partial charge in [0.1, 0.15) is 37.1 Å². The lowest BCUT2D eigenvalue weighted by atomic mass is 10.1. The number of rotatable bonds is 13. The lowest BCUT2D eigenvalue weighted by molar-refractivity contribution is 0.0608. The van der Waals surface area contributed by atoms with Crippen LogP contribution in [0.2, 0.25) is 0 Å². The molecule has 0 fully saturated rings. The third-order valence-electron chi connectivity index (χ3n) is 10.2.